The van der Waals surface area contributed by atoms with Crippen molar-refractivity contribution in [3.63, 3.8) is 0 Å². The first-order valence-corrected chi connectivity index (χ1v) is 7.18. The highest BCUT2D eigenvalue weighted by molar-refractivity contribution is 5.59. The predicted molar refractivity (Wildman–Crippen MR) is 87.4 cm³/mol. The van der Waals surface area contributed by atoms with E-state index >= 15 is 0 Å². The summed E-state index contributed by atoms with van der Waals surface area (Å²) < 4.78 is 23.9. The van der Waals surface area contributed by atoms with Crippen molar-refractivity contribution in [2.24, 2.45) is 0 Å². The number of rotatable bonds is 5. The van der Waals surface area contributed by atoms with E-state index in [1.165, 1.54) is 12.1 Å². The number of hydrogen-bond acceptors (Lipinski definition) is 4. The molecule has 0 saturated heterocycles. The van der Waals surface area contributed by atoms with Crippen molar-refractivity contribution in [2.75, 3.05) is 19.5 Å². The second kappa shape index (κ2) is 7.01. The SMILES string of the molecule is COc1cc(C)c(C(C)Nc2ccc(F)cc2C#N)cc1OC. The molecule has 23 heavy (non-hydrogen) atoms. The number of methoxy groups -OCH3 is 2. The van der Waals surface area contributed by atoms with Gasteiger partial charge in [0.15, 0.2) is 11.5 Å². The number of nitrogens with zero attached hydrogens (tertiary/aromatic N) is 1. The fourth-order valence-corrected chi connectivity index (χ4v) is 2.51. The minimum absolute atomic E-state index is 0.0904. The molecule has 0 bridgehead atoms. The Kier molecular flexibility index (Phi) is 5.07. The van der Waals surface area contributed by atoms with Crippen molar-refractivity contribution in [3.8, 4) is 17.6 Å². The maximum absolute atomic E-state index is 13.2. The van der Waals surface area contributed by atoms with E-state index in [2.05, 4.69) is 5.32 Å². The smallest absolute Gasteiger partial charge is 0.161 e. The molecule has 0 amide bonds. The van der Waals surface area contributed by atoms with Crippen molar-refractivity contribution < 1.29 is 13.9 Å². The maximum atomic E-state index is 13.2. The summed E-state index contributed by atoms with van der Waals surface area (Å²) in [5, 5.41) is 12.4. The van der Waals surface area contributed by atoms with Crippen LogP contribution in [-0.4, -0.2) is 14.2 Å². The fourth-order valence-electron chi connectivity index (χ4n) is 2.51. The number of nitriles is 1. The Balaban J connectivity index is 2.35. The van der Waals surface area contributed by atoms with Gasteiger partial charge >= 0.3 is 0 Å². The Morgan fingerprint density at radius 3 is 2.39 bits per heavy atom. The summed E-state index contributed by atoms with van der Waals surface area (Å²) in [5.74, 6) is 0.879. The third-order valence-electron chi connectivity index (χ3n) is 3.71. The number of halogens is 1. The summed E-state index contributed by atoms with van der Waals surface area (Å²) in [6, 6.07) is 9.84. The molecule has 0 spiro atoms. The van der Waals surface area contributed by atoms with Crippen LogP contribution in [0.15, 0.2) is 30.3 Å². The van der Waals surface area contributed by atoms with Gasteiger partial charge < -0.3 is 14.8 Å². The molecule has 2 aromatic carbocycles. The quantitative estimate of drug-likeness (QED) is 0.899. The highest BCUT2D eigenvalue weighted by atomic mass is 19.1. The fraction of sp³-hybridized carbons (Fsp3) is 0.278. The number of ether oxygens (including phenoxy) is 2. The van der Waals surface area contributed by atoms with Crippen molar-refractivity contribution in [2.45, 2.75) is 19.9 Å². The molecule has 5 heteroatoms. The molecule has 0 radical (unpaired) electrons. The number of aryl methyl sites for hydroxylation is 1. The summed E-state index contributed by atoms with van der Waals surface area (Å²) in [5.41, 5.74) is 2.91. The standard InChI is InChI=1S/C18H19FN2O2/c1-11-7-17(22-3)18(23-4)9-15(11)12(2)21-16-6-5-14(19)8-13(16)10-20/h5-9,12,21H,1-4H3. The minimum atomic E-state index is -0.429. The van der Waals surface area contributed by atoms with Crippen LogP contribution in [0, 0.1) is 24.1 Å². The van der Waals surface area contributed by atoms with Crippen molar-refractivity contribution in [3.05, 3.63) is 52.8 Å². The van der Waals surface area contributed by atoms with Crippen LogP contribution in [0.3, 0.4) is 0 Å². The lowest BCUT2D eigenvalue weighted by atomic mass is 10.0. The Morgan fingerprint density at radius 2 is 1.78 bits per heavy atom. The Hall–Kier alpha value is -2.74. The van der Waals surface area contributed by atoms with Gasteiger partial charge in [-0.1, -0.05) is 0 Å². The van der Waals surface area contributed by atoms with Gasteiger partial charge in [-0.25, -0.2) is 4.39 Å². The molecule has 0 aliphatic carbocycles. The zero-order chi connectivity index (χ0) is 17.0. The first-order chi connectivity index (χ1) is 11.0. The van der Waals surface area contributed by atoms with Crippen LogP contribution < -0.4 is 14.8 Å². The Bertz CT molecular complexity index is 753. The van der Waals surface area contributed by atoms with Gasteiger partial charge in [0, 0.05) is 6.04 Å². The van der Waals surface area contributed by atoms with Gasteiger partial charge in [-0.05, 0) is 55.3 Å². The van der Waals surface area contributed by atoms with E-state index in [0.29, 0.717) is 17.2 Å². The van der Waals surface area contributed by atoms with Crippen LogP contribution in [0.2, 0.25) is 0 Å². The number of benzene rings is 2. The lowest BCUT2D eigenvalue weighted by Crippen LogP contribution is -2.10. The second-order valence-electron chi connectivity index (χ2n) is 5.23. The molecule has 1 unspecified atom stereocenters. The zero-order valence-corrected chi connectivity index (χ0v) is 13.6. The highest BCUT2D eigenvalue weighted by Crippen LogP contribution is 2.34. The van der Waals surface area contributed by atoms with Crippen molar-refractivity contribution >= 4 is 5.69 Å². The lowest BCUT2D eigenvalue weighted by Gasteiger charge is -2.20. The molecule has 0 aliphatic rings. The van der Waals surface area contributed by atoms with E-state index in [0.717, 1.165) is 11.1 Å². The third kappa shape index (κ3) is 3.54. The van der Waals surface area contributed by atoms with E-state index in [4.69, 9.17) is 14.7 Å². The van der Waals surface area contributed by atoms with Crippen LogP contribution in [-0.2, 0) is 0 Å². The van der Waals surface area contributed by atoms with Gasteiger partial charge in [0.2, 0.25) is 0 Å². The first kappa shape index (κ1) is 16.6. The molecule has 2 rings (SSSR count). The molecule has 0 aromatic heterocycles. The van der Waals surface area contributed by atoms with Crippen LogP contribution in [0.4, 0.5) is 10.1 Å². The topological polar surface area (TPSA) is 54.3 Å². The van der Waals surface area contributed by atoms with Gasteiger partial charge in [-0.15, -0.1) is 0 Å². The maximum Gasteiger partial charge on any atom is 0.161 e. The van der Waals surface area contributed by atoms with E-state index in [9.17, 15) is 4.39 Å². The number of nitrogens with one attached hydrogen (secondary N) is 1. The number of hydrogen-bond donors (Lipinski definition) is 1. The minimum Gasteiger partial charge on any atom is -0.493 e. The average molecular weight is 314 g/mol. The molecule has 0 aliphatic heterocycles. The molecule has 120 valence electrons. The van der Waals surface area contributed by atoms with Gasteiger partial charge in [0.25, 0.3) is 0 Å². The van der Waals surface area contributed by atoms with Crippen LogP contribution in [0.5, 0.6) is 11.5 Å². The first-order valence-electron chi connectivity index (χ1n) is 7.18. The van der Waals surface area contributed by atoms with Gasteiger partial charge in [-0.2, -0.15) is 5.26 Å². The number of anilines is 1. The molecule has 0 fully saturated rings. The monoisotopic (exact) mass is 314 g/mol. The molecule has 1 atom stereocenters. The van der Waals surface area contributed by atoms with Crippen LogP contribution in [0.25, 0.3) is 0 Å². The molecule has 4 nitrogen and oxygen atoms in total. The summed E-state index contributed by atoms with van der Waals surface area (Å²) in [7, 11) is 3.18. The molecular formula is C18H19FN2O2. The highest BCUT2D eigenvalue weighted by Gasteiger charge is 2.15. The summed E-state index contributed by atoms with van der Waals surface area (Å²) in [6.45, 7) is 3.95. The van der Waals surface area contributed by atoms with Crippen molar-refractivity contribution in [1.29, 1.82) is 5.26 Å². The Labute approximate surface area is 135 Å². The van der Waals surface area contributed by atoms with Crippen LogP contribution >= 0.6 is 0 Å². The summed E-state index contributed by atoms with van der Waals surface area (Å²) in [4.78, 5) is 0. The summed E-state index contributed by atoms with van der Waals surface area (Å²) in [6.07, 6.45) is 0. The normalized spacial score (nSPS) is 11.5. The molecule has 0 heterocycles. The molecule has 2 aromatic rings. The average Bonchev–Trinajstić information content (AvgIpc) is 2.55. The molecule has 1 N–H and O–H groups in total. The predicted octanol–water partition coefficient (Wildman–Crippen LogP) is 4.20. The molecule has 0 saturated carbocycles. The van der Waals surface area contributed by atoms with E-state index in [1.807, 2.05) is 32.0 Å². The third-order valence-corrected chi connectivity index (χ3v) is 3.71. The van der Waals surface area contributed by atoms with E-state index in [1.54, 1.807) is 20.3 Å². The largest absolute Gasteiger partial charge is 0.493 e. The van der Waals surface area contributed by atoms with Gasteiger partial charge in [-0.3, -0.25) is 0 Å². The van der Waals surface area contributed by atoms with Crippen LogP contribution in [0.1, 0.15) is 29.7 Å². The van der Waals surface area contributed by atoms with Crippen molar-refractivity contribution in [1.82, 2.24) is 0 Å². The summed E-state index contributed by atoms with van der Waals surface area (Å²) >= 11 is 0. The zero-order valence-electron chi connectivity index (χ0n) is 13.6. The Morgan fingerprint density at radius 1 is 1.13 bits per heavy atom. The van der Waals surface area contributed by atoms with E-state index < -0.39 is 5.82 Å². The van der Waals surface area contributed by atoms with Gasteiger partial charge in [0.05, 0.1) is 25.5 Å². The lowest BCUT2D eigenvalue weighted by molar-refractivity contribution is 0.354. The van der Waals surface area contributed by atoms with E-state index in [-0.39, 0.29) is 11.6 Å². The molecular weight excluding hydrogens is 295 g/mol. The second-order valence-corrected chi connectivity index (χ2v) is 5.23. The van der Waals surface area contributed by atoms with Gasteiger partial charge in [0.1, 0.15) is 11.9 Å².